The van der Waals surface area contributed by atoms with Crippen molar-refractivity contribution in [2.24, 2.45) is 0 Å². The molecule has 0 spiro atoms. The Labute approximate surface area is 143 Å². The first-order valence-electron chi connectivity index (χ1n) is 7.03. The number of nitrogens with zero attached hydrogens (tertiary/aromatic N) is 1. The predicted octanol–water partition coefficient (Wildman–Crippen LogP) is 2.78. The molecule has 0 radical (unpaired) electrons. The fraction of sp³-hybridized carbons (Fsp3) is 0.176. The van der Waals surface area contributed by atoms with E-state index in [9.17, 15) is 14.7 Å². The van der Waals surface area contributed by atoms with Crippen molar-refractivity contribution in [3.05, 3.63) is 58.6 Å². The first kappa shape index (κ1) is 17.6. The molecule has 0 unspecified atom stereocenters. The molecule has 2 aromatic carbocycles. The molecular weight excluding hydrogens is 334 g/mol. The molecule has 0 aromatic heterocycles. The fourth-order valence-corrected chi connectivity index (χ4v) is 2.28. The van der Waals surface area contributed by atoms with Crippen LogP contribution in [0, 0.1) is 0 Å². The van der Waals surface area contributed by atoms with E-state index >= 15 is 0 Å². The Bertz CT molecular complexity index is 745. The molecule has 24 heavy (non-hydrogen) atoms. The highest BCUT2D eigenvalue weighted by molar-refractivity contribution is 6.30. The van der Waals surface area contributed by atoms with E-state index in [0.29, 0.717) is 10.8 Å². The van der Waals surface area contributed by atoms with Gasteiger partial charge in [0.15, 0.2) is 0 Å². The number of halogens is 1. The normalized spacial score (nSPS) is 10.2. The Hall–Kier alpha value is -2.73. The van der Waals surface area contributed by atoms with Crippen molar-refractivity contribution in [2.45, 2.75) is 6.54 Å². The van der Waals surface area contributed by atoms with Crippen molar-refractivity contribution >= 4 is 23.5 Å². The molecule has 2 aromatic rings. The summed E-state index contributed by atoms with van der Waals surface area (Å²) in [5.74, 6) is -1.62. The van der Waals surface area contributed by atoms with E-state index in [1.165, 1.54) is 25.3 Å². The lowest BCUT2D eigenvalue weighted by Crippen LogP contribution is -2.35. The minimum absolute atomic E-state index is 0.0236. The van der Waals surface area contributed by atoms with E-state index in [1.807, 2.05) is 0 Å². The summed E-state index contributed by atoms with van der Waals surface area (Å²) in [4.78, 5) is 24.9. The van der Waals surface area contributed by atoms with Gasteiger partial charge in [-0.1, -0.05) is 23.7 Å². The third kappa shape index (κ3) is 4.39. The third-order valence-corrected chi connectivity index (χ3v) is 3.59. The Kier molecular flexibility index (Phi) is 5.65. The van der Waals surface area contributed by atoms with Crippen LogP contribution in [0.15, 0.2) is 42.5 Å². The van der Waals surface area contributed by atoms with Crippen molar-refractivity contribution in [1.29, 1.82) is 0 Å². The number of carbonyl (C=O) groups excluding carboxylic acids is 1. The minimum atomic E-state index is -1.15. The standard InChI is InChI=1S/C17H16ClNO5/c1-24-13-6-7-15(20)14(8-13)17(23)19(10-16(21)22)9-11-2-4-12(18)5-3-11/h2-8,20H,9-10H2,1H3,(H,21,22). The van der Waals surface area contributed by atoms with Crippen molar-refractivity contribution < 1.29 is 24.5 Å². The van der Waals surface area contributed by atoms with Crippen LogP contribution < -0.4 is 4.74 Å². The number of hydrogen-bond acceptors (Lipinski definition) is 4. The number of carboxylic acid groups (broad SMARTS) is 1. The number of rotatable bonds is 6. The summed E-state index contributed by atoms with van der Waals surface area (Å²) in [7, 11) is 1.43. The van der Waals surface area contributed by atoms with Crippen LogP contribution >= 0.6 is 11.6 Å². The number of aromatic hydroxyl groups is 1. The van der Waals surface area contributed by atoms with Crippen LogP contribution in [-0.4, -0.2) is 40.6 Å². The maximum absolute atomic E-state index is 12.7. The van der Waals surface area contributed by atoms with Gasteiger partial charge >= 0.3 is 5.97 Å². The van der Waals surface area contributed by atoms with Gasteiger partial charge in [0, 0.05) is 11.6 Å². The van der Waals surface area contributed by atoms with Gasteiger partial charge in [-0.15, -0.1) is 0 Å². The van der Waals surface area contributed by atoms with Gasteiger partial charge < -0.3 is 19.8 Å². The fourth-order valence-electron chi connectivity index (χ4n) is 2.16. The molecule has 7 heteroatoms. The third-order valence-electron chi connectivity index (χ3n) is 3.33. The highest BCUT2D eigenvalue weighted by Crippen LogP contribution is 2.25. The molecule has 0 saturated heterocycles. The Morgan fingerprint density at radius 2 is 1.83 bits per heavy atom. The SMILES string of the molecule is COc1ccc(O)c(C(=O)N(CC(=O)O)Cc2ccc(Cl)cc2)c1. The number of methoxy groups -OCH3 is 1. The number of hydrogen-bond donors (Lipinski definition) is 2. The zero-order chi connectivity index (χ0) is 17.7. The maximum Gasteiger partial charge on any atom is 0.323 e. The molecule has 0 aliphatic carbocycles. The molecule has 0 bridgehead atoms. The number of benzene rings is 2. The second-order valence-electron chi connectivity index (χ2n) is 5.06. The number of phenols is 1. The summed E-state index contributed by atoms with van der Waals surface area (Å²) in [5.41, 5.74) is 0.695. The molecule has 2 rings (SSSR count). The van der Waals surface area contributed by atoms with Crippen molar-refractivity contribution in [2.75, 3.05) is 13.7 Å². The molecule has 0 heterocycles. The number of phenolic OH excluding ortho intramolecular Hbond substituents is 1. The summed E-state index contributed by atoms with van der Waals surface area (Å²) >= 11 is 5.82. The van der Waals surface area contributed by atoms with Gasteiger partial charge in [-0.3, -0.25) is 9.59 Å². The largest absolute Gasteiger partial charge is 0.507 e. The van der Waals surface area contributed by atoms with E-state index in [4.69, 9.17) is 21.4 Å². The number of ether oxygens (including phenoxy) is 1. The van der Waals surface area contributed by atoms with E-state index in [1.54, 1.807) is 24.3 Å². The Morgan fingerprint density at radius 3 is 2.42 bits per heavy atom. The number of amides is 1. The number of carboxylic acids is 1. The van der Waals surface area contributed by atoms with Crippen molar-refractivity contribution in [1.82, 2.24) is 4.90 Å². The molecule has 0 aliphatic heterocycles. The number of carbonyl (C=O) groups is 2. The molecule has 1 amide bonds. The molecule has 2 N–H and O–H groups in total. The zero-order valence-corrected chi connectivity index (χ0v) is 13.7. The maximum atomic E-state index is 12.7. The van der Waals surface area contributed by atoms with Crippen LogP contribution in [0.4, 0.5) is 0 Å². The summed E-state index contributed by atoms with van der Waals surface area (Å²) in [5, 5.41) is 19.5. The molecule has 0 atom stereocenters. The summed E-state index contributed by atoms with van der Waals surface area (Å²) in [6.45, 7) is -0.433. The lowest BCUT2D eigenvalue weighted by Gasteiger charge is -2.21. The van der Waals surface area contributed by atoms with E-state index < -0.39 is 18.4 Å². The van der Waals surface area contributed by atoms with E-state index in [2.05, 4.69) is 0 Å². The monoisotopic (exact) mass is 349 g/mol. The van der Waals surface area contributed by atoms with Crippen LogP contribution in [0.1, 0.15) is 15.9 Å². The topological polar surface area (TPSA) is 87.1 Å². The van der Waals surface area contributed by atoms with Gasteiger partial charge in [-0.2, -0.15) is 0 Å². The molecule has 6 nitrogen and oxygen atoms in total. The van der Waals surface area contributed by atoms with Crippen LogP contribution in [0.2, 0.25) is 5.02 Å². The lowest BCUT2D eigenvalue weighted by atomic mass is 10.1. The van der Waals surface area contributed by atoms with Crippen LogP contribution in [0.5, 0.6) is 11.5 Å². The van der Waals surface area contributed by atoms with Crippen LogP contribution in [-0.2, 0) is 11.3 Å². The Balaban J connectivity index is 2.31. The Morgan fingerprint density at radius 1 is 1.17 bits per heavy atom. The first-order valence-corrected chi connectivity index (χ1v) is 7.41. The van der Waals surface area contributed by atoms with Gasteiger partial charge in [0.25, 0.3) is 5.91 Å². The van der Waals surface area contributed by atoms with Gasteiger partial charge in [-0.05, 0) is 35.9 Å². The van der Waals surface area contributed by atoms with Gasteiger partial charge in [0.2, 0.25) is 0 Å². The van der Waals surface area contributed by atoms with Crippen LogP contribution in [0.3, 0.4) is 0 Å². The average molecular weight is 350 g/mol. The second-order valence-corrected chi connectivity index (χ2v) is 5.50. The quantitative estimate of drug-likeness (QED) is 0.837. The molecule has 0 saturated carbocycles. The summed E-state index contributed by atoms with van der Waals surface area (Å²) in [6, 6.07) is 10.9. The highest BCUT2D eigenvalue weighted by atomic mass is 35.5. The highest BCUT2D eigenvalue weighted by Gasteiger charge is 2.22. The summed E-state index contributed by atoms with van der Waals surface area (Å²) in [6.07, 6.45) is 0. The van der Waals surface area contributed by atoms with Gasteiger partial charge in [0.1, 0.15) is 18.0 Å². The van der Waals surface area contributed by atoms with Gasteiger partial charge in [0.05, 0.1) is 12.7 Å². The van der Waals surface area contributed by atoms with Gasteiger partial charge in [-0.25, -0.2) is 0 Å². The lowest BCUT2D eigenvalue weighted by molar-refractivity contribution is -0.137. The number of aliphatic carboxylic acids is 1. The van der Waals surface area contributed by atoms with Crippen molar-refractivity contribution in [3.63, 3.8) is 0 Å². The second kappa shape index (κ2) is 7.70. The smallest absolute Gasteiger partial charge is 0.323 e. The van der Waals surface area contributed by atoms with Crippen molar-refractivity contribution in [3.8, 4) is 11.5 Å². The predicted molar refractivity (Wildman–Crippen MR) is 88.5 cm³/mol. The molecular formula is C17H16ClNO5. The molecule has 126 valence electrons. The van der Waals surface area contributed by atoms with E-state index in [0.717, 1.165) is 10.5 Å². The minimum Gasteiger partial charge on any atom is -0.507 e. The molecule has 0 aliphatic rings. The first-order chi connectivity index (χ1) is 11.4. The van der Waals surface area contributed by atoms with E-state index in [-0.39, 0.29) is 17.9 Å². The zero-order valence-electron chi connectivity index (χ0n) is 12.9. The summed E-state index contributed by atoms with van der Waals surface area (Å²) < 4.78 is 5.04. The van der Waals surface area contributed by atoms with Crippen LogP contribution in [0.25, 0.3) is 0 Å². The molecule has 0 fully saturated rings. The average Bonchev–Trinajstić information content (AvgIpc) is 2.55.